The van der Waals surface area contributed by atoms with Gasteiger partial charge >= 0.3 is 5.97 Å². The van der Waals surface area contributed by atoms with Crippen LogP contribution in [0.4, 0.5) is 0 Å². The Bertz CT molecular complexity index is 382. The van der Waals surface area contributed by atoms with E-state index in [2.05, 4.69) is 15.4 Å². The number of hydrogen-bond acceptors (Lipinski definition) is 4. The number of piperidine rings is 1. The highest BCUT2D eigenvalue weighted by Crippen LogP contribution is 2.32. The largest absolute Gasteiger partial charge is 0.481 e. The molecular weight excluding hydrogens is 208 g/mol. The standard InChI is InChI=1S/C10H16N4O2/c1-14-8(12-7-13-14)6-10(9(15)16)2-4-11-5-3-10/h7,11H,2-6H2,1H3,(H,15,16). The quantitative estimate of drug-likeness (QED) is 0.744. The zero-order valence-electron chi connectivity index (χ0n) is 9.31. The molecule has 1 aromatic heterocycles. The second kappa shape index (κ2) is 4.21. The molecule has 0 unspecified atom stereocenters. The van der Waals surface area contributed by atoms with Crippen molar-refractivity contribution in [2.24, 2.45) is 12.5 Å². The van der Waals surface area contributed by atoms with Crippen LogP contribution in [0.5, 0.6) is 0 Å². The van der Waals surface area contributed by atoms with Crippen molar-refractivity contribution in [2.45, 2.75) is 19.3 Å². The molecule has 0 atom stereocenters. The summed E-state index contributed by atoms with van der Waals surface area (Å²) in [6, 6.07) is 0. The van der Waals surface area contributed by atoms with Gasteiger partial charge in [-0.1, -0.05) is 0 Å². The van der Waals surface area contributed by atoms with Crippen LogP contribution in [0, 0.1) is 5.41 Å². The fraction of sp³-hybridized carbons (Fsp3) is 0.700. The molecule has 0 saturated carbocycles. The first-order valence-electron chi connectivity index (χ1n) is 5.41. The summed E-state index contributed by atoms with van der Waals surface area (Å²) in [4.78, 5) is 15.5. The summed E-state index contributed by atoms with van der Waals surface area (Å²) in [6.45, 7) is 1.51. The van der Waals surface area contributed by atoms with Gasteiger partial charge in [0.1, 0.15) is 12.2 Å². The van der Waals surface area contributed by atoms with Crippen LogP contribution in [-0.4, -0.2) is 38.9 Å². The van der Waals surface area contributed by atoms with Crippen molar-refractivity contribution in [1.29, 1.82) is 0 Å². The van der Waals surface area contributed by atoms with Crippen LogP contribution in [0.15, 0.2) is 6.33 Å². The third-order valence-electron chi connectivity index (χ3n) is 3.32. The summed E-state index contributed by atoms with van der Waals surface area (Å²) in [5.74, 6) is 0.0151. The van der Waals surface area contributed by atoms with Crippen molar-refractivity contribution in [2.75, 3.05) is 13.1 Å². The Labute approximate surface area is 93.7 Å². The number of nitrogens with zero attached hydrogens (tertiary/aromatic N) is 3. The van der Waals surface area contributed by atoms with Gasteiger partial charge in [0.15, 0.2) is 0 Å². The molecule has 6 heteroatoms. The molecule has 2 rings (SSSR count). The molecule has 1 fully saturated rings. The van der Waals surface area contributed by atoms with Crippen LogP contribution < -0.4 is 5.32 Å². The molecule has 2 N–H and O–H groups in total. The van der Waals surface area contributed by atoms with Crippen LogP contribution in [-0.2, 0) is 18.3 Å². The summed E-state index contributed by atoms with van der Waals surface area (Å²) < 4.78 is 1.65. The summed E-state index contributed by atoms with van der Waals surface area (Å²) in [7, 11) is 1.79. The summed E-state index contributed by atoms with van der Waals surface area (Å²) in [5, 5.41) is 16.5. The molecule has 1 aliphatic rings. The van der Waals surface area contributed by atoms with Gasteiger partial charge in [0.2, 0.25) is 0 Å². The van der Waals surface area contributed by atoms with Gasteiger partial charge in [-0.05, 0) is 25.9 Å². The Balaban J connectivity index is 2.20. The van der Waals surface area contributed by atoms with E-state index in [1.165, 1.54) is 6.33 Å². The smallest absolute Gasteiger partial charge is 0.310 e. The molecule has 6 nitrogen and oxygen atoms in total. The molecule has 0 bridgehead atoms. The zero-order chi connectivity index (χ0) is 11.6. The van der Waals surface area contributed by atoms with Gasteiger partial charge in [0, 0.05) is 13.5 Å². The molecule has 0 amide bonds. The molecule has 1 aliphatic heterocycles. The third-order valence-corrected chi connectivity index (χ3v) is 3.32. The Morgan fingerprint density at radius 3 is 2.81 bits per heavy atom. The van der Waals surface area contributed by atoms with E-state index in [-0.39, 0.29) is 0 Å². The van der Waals surface area contributed by atoms with Gasteiger partial charge in [0.25, 0.3) is 0 Å². The van der Waals surface area contributed by atoms with E-state index in [1.54, 1.807) is 11.7 Å². The molecule has 0 aliphatic carbocycles. The monoisotopic (exact) mass is 224 g/mol. The number of aryl methyl sites for hydroxylation is 1. The van der Waals surface area contributed by atoms with E-state index in [0.717, 1.165) is 18.9 Å². The summed E-state index contributed by atoms with van der Waals surface area (Å²) in [5.41, 5.74) is -0.675. The number of rotatable bonds is 3. The van der Waals surface area contributed by atoms with E-state index < -0.39 is 11.4 Å². The lowest BCUT2D eigenvalue weighted by Crippen LogP contribution is -2.44. The molecule has 0 spiro atoms. The number of carboxylic acid groups (broad SMARTS) is 1. The molecule has 1 aromatic rings. The number of carbonyl (C=O) groups is 1. The Hall–Kier alpha value is -1.43. The average Bonchev–Trinajstić information content (AvgIpc) is 2.65. The van der Waals surface area contributed by atoms with Crippen LogP contribution in [0.3, 0.4) is 0 Å². The van der Waals surface area contributed by atoms with Gasteiger partial charge < -0.3 is 10.4 Å². The second-order valence-electron chi connectivity index (χ2n) is 4.31. The van der Waals surface area contributed by atoms with E-state index in [4.69, 9.17) is 0 Å². The predicted octanol–water partition coefficient (Wildman–Crippen LogP) is -0.188. The number of nitrogens with one attached hydrogen (secondary N) is 1. The van der Waals surface area contributed by atoms with Crippen LogP contribution in [0.1, 0.15) is 18.7 Å². The Kier molecular flexibility index (Phi) is 2.91. The van der Waals surface area contributed by atoms with Gasteiger partial charge in [-0.3, -0.25) is 9.48 Å². The van der Waals surface area contributed by atoms with Gasteiger partial charge in [-0.25, -0.2) is 4.98 Å². The maximum absolute atomic E-state index is 11.4. The number of hydrogen-bond donors (Lipinski definition) is 2. The SMILES string of the molecule is Cn1ncnc1CC1(C(=O)O)CCNCC1. The van der Waals surface area contributed by atoms with Crippen LogP contribution in [0.25, 0.3) is 0 Å². The lowest BCUT2D eigenvalue weighted by molar-refractivity contribution is -0.150. The number of aromatic nitrogens is 3. The first kappa shape index (κ1) is 11.1. The average molecular weight is 224 g/mol. The lowest BCUT2D eigenvalue weighted by atomic mass is 9.76. The van der Waals surface area contributed by atoms with Crippen molar-refractivity contribution in [3.05, 3.63) is 12.2 Å². The molecule has 88 valence electrons. The topological polar surface area (TPSA) is 80.0 Å². The zero-order valence-corrected chi connectivity index (χ0v) is 9.31. The van der Waals surface area contributed by atoms with E-state index in [0.29, 0.717) is 19.3 Å². The van der Waals surface area contributed by atoms with Crippen molar-refractivity contribution in [1.82, 2.24) is 20.1 Å². The fourth-order valence-electron chi connectivity index (χ4n) is 2.15. The predicted molar refractivity (Wildman–Crippen MR) is 56.9 cm³/mol. The summed E-state index contributed by atoms with van der Waals surface area (Å²) >= 11 is 0. The summed E-state index contributed by atoms with van der Waals surface area (Å²) in [6.07, 6.45) is 3.22. The molecule has 0 radical (unpaired) electrons. The minimum Gasteiger partial charge on any atom is -0.481 e. The molecule has 16 heavy (non-hydrogen) atoms. The molecule has 0 aromatic carbocycles. The number of carboxylic acids is 1. The van der Waals surface area contributed by atoms with E-state index in [9.17, 15) is 9.90 Å². The van der Waals surface area contributed by atoms with Crippen molar-refractivity contribution in [3.63, 3.8) is 0 Å². The van der Waals surface area contributed by atoms with Crippen molar-refractivity contribution >= 4 is 5.97 Å². The van der Waals surface area contributed by atoms with Crippen molar-refractivity contribution in [3.8, 4) is 0 Å². The molecule has 1 saturated heterocycles. The van der Waals surface area contributed by atoms with Crippen LogP contribution in [0.2, 0.25) is 0 Å². The molecule has 2 heterocycles. The van der Waals surface area contributed by atoms with Gasteiger partial charge in [-0.15, -0.1) is 0 Å². The lowest BCUT2D eigenvalue weighted by Gasteiger charge is -2.33. The van der Waals surface area contributed by atoms with E-state index in [1.807, 2.05) is 0 Å². The van der Waals surface area contributed by atoms with Gasteiger partial charge in [0.05, 0.1) is 5.41 Å². The van der Waals surface area contributed by atoms with Gasteiger partial charge in [-0.2, -0.15) is 5.10 Å². The maximum atomic E-state index is 11.4. The first-order chi connectivity index (χ1) is 7.64. The normalized spacial score (nSPS) is 19.6. The second-order valence-corrected chi connectivity index (χ2v) is 4.31. The van der Waals surface area contributed by atoms with Crippen LogP contribution >= 0.6 is 0 Å². The molecular formula is C10H16N4O2. The fourth-order valence-corrected chi connectivity index (χ4v) is 2.15. The van der Waals surface area contributed by atoms with E-state index >= 15 is 0 Å². The third kappa shape index (κ3) is 1.92. The Morgan fingerprint density at radius 2 is 2.31 bits per heavy atom. The Morgan fingerprint density at radius 1 is 1.62 bits per heavy atom. The minimum atomic E-state index is -0.725. The highest BCUT2D eigenvalue weighted by molar-refractivity contribution is 5.75. The minimum absolute atomic E-state index is 0.459. The highest BCUT2D eigenvalue weighted by atomic mass is 16.4. The van der Waals surface area contributed by atoms with Crippen molar-refractivity contribution < 1.29 is 9.90 Å². The first-order valence-corrected chi connectivity index (χ1v) is 5.41. The highest BCUT2D eigenvalue weighted by Gasteiger charge is 2.40. The number of aliphatic carboxylic acids is 1. The maximum Gasteiger partial charge on any atom is 0.310 e.